The molecule has 2 aromatic rings. The molecule has 0 fully saturated rings. The van der Waals surface area contributed by atoms with Crippen LogP contribution in [0.4, 0.5) is 0 Å². The third-order valence-electron chi connectivity index (χ3n) is 3.94. The lowest BCUT2D eigenvalue weighted by Crippen LogP contribution is -2.34. The number of hydrogen-bond acceptors (Lipinski definition) is 3. The Morgan fingerprint density at radius 2 is 1.71 bits per heavy atom. The highest BCUT2D eigenvalue weighted by Gasteiger charge is 2.39. The molecule has 120 valence electrons. The lowest BCUT2D eigenvalue weighted by molar-refractivity contribution is -0.131. The first kappa shape index (κ1) is 15.7. The van der Waals surface area contributed by atoms with Crippen LogP contribution in [0.3, 0.4) is 0 Å². The Morgan fingerprint density at radius 1 is 1.04 bits per heavy atom. The van der Waals surface area contributed by atoms with Crippen molar-refractivity contribution >= 4 is 17.8 Å². The summed E-state index contributed by atoms with van der Waals surface area (Å²) in [6.07, 6.45) is 2.75. The molecule has 0 aromatic heterocycles. The van der Waals surface area contributed by atoms with Crippen molar-refractivity contribution in [3.8, 4) is 0 Å². The highest BCUT2D eigenvalue weighted by molar-refractivity contribution is 6.13. The number of carbonyl (C=O) groups is 3. The van der Waals surface area contributed by atoms with Gasteiger partial charge in [-0.15, -0.1) is 0 Å². The maximum absolute atomic E-state index is 12.8. The van der Waals surface area contributed by atoms with Crippen LogP contribution in [0.2, 0.25) is 0 Å². The van der Waals surface area contributed by atoms with Gasteiger partial charge in [-0.05, 0) is 30.2 Å². The maximum Gasteiger partial charge on any atom is 0.327 e. The molecule has 0 radical (unpaired) electrons. The molecule has 1 aliphatic heterocycles. The van der Waals surface area contributed by atoms with Crippen molar-refractivity contribution in [3.63, 3.8) is 0 Å². The van der Waals surface area contributed by atoms with E-state index in [4.69, 9.17) is 5.11 Å². The number of carboxylic acids is 1. The van der Waals surface area contributed by atoms with E-state index in [2.05, 4.69) is 0 Å². The number of hydrogen-bond donors (Lipinski definition) is 1. The first-order valence-corrected chi connectivity index (χ1v) is 7.51. The van der Waals surface area contributed by atoms with Gasteiger partial charge in [0, 0.05) is 17.2 Å². The van der Waals surface area contributed by atoms with Crippen molar-refractivity contribution in [2.24, 2.45) is 0 Å². The lowest BCUT2D eigenvalue weighted by Gasteiger charge is -2.22. The van der Waals surface area contributed by atoms with Crippen LogP contribution in [-0.4, -0.2) is 27.8 Å². The molecule has 0 aliphatic carbocycles. The number of fused-ring (bicyclic) bond motifs is 1. The number of carbonyl (C=O) groups excluding carboxylic acids is 2. The summed E-state index contributed by atoms with van der Waals surface area (Å²) < 4.78 is 0. The molecule has 2 aromatic carbocycles. The van der Waals surface area contributed by atoms with Crippen molar-refractivity contribution in [2.75, 3.05) is 0 Å². The summed E-state index contributed by atoms with van der Waals surface area (Å²) >= 11 is 0. The zero-order valence-corrected chi connectivity index (χ0v) is 12.8. The first-order chi connectivity index (χ1) is 11.6. The molecule has 24 heavy (non-hydrogen) atoms. The zero-order chi connectivity index (χ0) is 17.1. The van der Waals surface area contributed by atoms with Crippen LogP contribution in [-0.2, 0) is 4.79 Å². The molecular weight excluding hydrogens is 306 g/mol. The standard InChI is InChI=1S/C19H15NO4/c21-17(22)12-6-11-16-14-9-4-5-10-15(14)19(24)20(16)18(23)13-7-2-1-3-8-13/h1-10,12,16H,11H2,(H,21,22)/b12-6+. The number of benzene rings is 2. The quantitative estimate of drug-likeness (QED) is 0.694. The summed E-state index contributed by atoms with van der Waals surface area (Å²) in [6.45, 7) is 0. The molecule has 0 spiro atoms. The Hall–Kier alpha value is -3.21. The Morgan fingerprint density at radius 3 is 2.42 bits per heavy atom. The van der Waals surface area contributed by atoms with E-state index in [1.165, 1.54) is 11.0 Å². The van der Waals surface area contributed by atoms with E-state index in [-0.39, 0.29) is 18.2 Å². The Bertz CT molecular complexity index is 826. The van der Waals surface area contributed by atoms with Gasteiger partial charge in [-0.1, -0.05) is 42.5 Å². The minimum absolute atomic E-state index is 0.258. The van der Waals surface area contributed by atoms with E-state index >= 15 is 0 Å². The molecule has 5 nitrogen and oxygen atoms in total. The average Bonchev–Trinajstić information content (AvgIpc) is 2.88. The number of aliphatic carboxylic acids is 1. The van der Waals surface area contributed by atoms with Crippen LogP contribution in [0.5, 0.6) is 0 Å². The largest absolute Gasteiger partial charge is 0.478 e. The van der Waals surface area contributed by atoms with E-state index in [0.29, 0.717) is 11.1 Å². The van der Waals surface area contributed by atoms with Crippen molar-refractivity contribution in [1.29, 1.82) is 0 Å². The van der Waals surface area contributed by atoms with Crippen molar-refractivity contribution in [1.82, 2.24) is 4.90 Å². The van der Waals surface area contributed by atoms with Crippen LogP contribution in [0.25, 0.3) is 0 Å². The molecule has 0 saturated carbocycles. The van der Waals surface area contributed by atoms with Gasteiger partial charge in [0.15, 0.2) is 0 Å². The molecule has 1 aliphatic rings. The predicted molar refractivity (Wildman–Crippen MR) is 87.5 cm³/mol. The molecule has 5 heteroatoms. The zero-order valence-electron chi connectivity index (χ0n) is 12.8. The van der Waals surface area contributed by atoms with Gasteiger partial charge in [-0.3, -0.25) is 14.5 Å². The van der Waals surface area contributed by atoms with Gasteiger partial charge >= 0.3 is 5.97 Å². The average molecular weight is 321 g/mol. The summed E-state index contributed by atoms with van der Waals surface area (Å²) in [5, 5.41) is 8.75. The van der Waals surface area contributed by atoms with E-state index in [1.54, 1.807) is 54.6 Å². The Balaban J connectivity index is 1.98. The molecule has 1 unspecified atom stereocenters. The van der Waals surface area contributed by atoms with Gasteiger partial charge in [0.2, 0.25) is 0 Å². The molecule has 1 N–H and O–H groups in total. The van der Waals surface area contributed by atoms with Gasteiger partial charge in [0.25, 0.3) is 11.8 Å². The maximum atomic E-state index is 12.8. The molecule has 1 heterocycles. The van der Waals surface area contributed by atoms with Crippen LogP contribution < -0.4 is 0 Å². The molecule has 1 atom stereocenters. The summed E-state index contributed by atoms with van der Waals surface area (Å²) in [6, 6.07) is 15.1. The minimum Gasteiger partial charge on any atom is -0.478 e. The van der Waals surface area contributed by atoms with Gasteiger partial charge in [-0.2, -0.15) is 0 Å². The van der Waals surface area contributed by atoms with Crippen molar-refractivity contribution in [2.45, 2.75) is 12.5 Å². The highest BCUT2D eigenvalue weighted by Crippen LogP contribution is 2.37. The Kier molecular flexibility index (Phi) is 4.24. The summed E-state index contributed by atoms with van der Waals surface area (Å²) in [4.78, 5) is 37.4. The second-order valence-corrected chi connectivity index (χ2v) is 5.43. The molecular formula is C19H15NO4. The van der Waals surface area contributed by atoms with E-state index < -0.39 is 12.0 Å². The second kappa shape index (κ2) is 6.50. The van der Waals surface area contributed by atoms with E-state index in [1.807, 2.05) is 0 Å². The van der Waals surface area contributed by atoms with Crippen LogP contribution in [0.1, 0.15) is 38.7 Å². The van der Waals surface area contributed by atoms with Gasteiger partial charge in [-0.25, -0.2) is 4.79 Å². The SMILES string of the molecule is O=C(O)/C=C/CC1c2ccccc2C(=O)N1C(=O)c1ccccc1. The van der Waals surface area contributed by atoms with Gasteiger partial charge in [0.05, 0.1) is 6.04 Å². The molecule has 0 saturated heterocycles. The fraction of sp³-hybridized carbons (Fsp3) is 0.105. The first-order valence-electron chi connectivity index (χ1n) is 7.51. The number of imide groups is 1. The predicted octanol–water partition coefficient (Wildman–Crippen LogP) is 3.05. The highest BCUT2D eigenvalue weighted by atomic mass is 16.4. The summed E-state index contributed by atoms with van der Waals surface area (Å²) in [7, 11) is 0. The number of rotatable bonds is 4. The normalized spacial score (nSPS) is 16.4. The molecule has 3 rings (SSSR count). The summed E-state index contributed by atoms with van der Waals surface area (Å²) in [5.41, 5.74) is 1.64. The van der Waals surface area contributed by atoms with E-state index in [9.17, 15) is 14.4 Å². The number of amides is 2. The van der Waals surface area contributed by atoms with E-state index in [0.717, 1.165) is 11.6 Å². The lowest BCUT2D eigenvalue weighted by atomic mass is 10.0. The monoisotopic (exact) mass is 321 g/mol. The van der Waals surface area contributed by atoms with Crippen molar-refractivity contribution < 1.29 is 19.5 Å². The van der Waals surface area contributed by atoms with Gasteiger partial charge in [0.1, 0.15) is 0 Å². The molecule has 0 bridgehead atoms. The third-order valence-corrected chi connectivity index (χ3v) is 3.94. The number of nitrogens with zero attached hydrogens (tertiary/aromatic N) is 1. The number of carboxylic acid groups (broad SMARTS) is 1. The third kappa shape index (κ3) is 2.84. The van der Waals surface area contributed by atoms with Crippen LogP contribution in [0, 0.1) is 0 Å². The molecule has 2 amide bonds. The Labute approximate surface area is 138 Å². The van der Waals surface area contributed by atoms with Gasteiger partial charge < -0.3 is 5.11 Å². The second-order valence-electron chi connectivity index (χ2n) is 5.43. The smallest absolute Gasteiger partial charge is 0.327 e. The fourth-order valence-electron chi connectivity index (χ4n) is 2.88. The van der Waals surface area contributed by atoms with Crippen LogP contribution >= 0.6 is 0 Å². The topological polar surface area (TPSA) is 74.7 Å². The fourth-order valence-corrected chi connectivity index (χ4v) is 2.88. The summed E-state index contributed by atoms with van der Waals surface area (Å²) in [5.74, 6) is -1.80. The van der Waals surface area contributed by atoms with Crippen molar-refractivity contribution in [3.05, 3.63) is 83.4 Å². The van der Waals surface area contributed by atoms with Crippen LogP contribution in [0.15, 0.2) is 66.7 Å². The minimum atomic E-state index is -1.06.